The number of carbonyl (C=O) groups excluding carboxylic acids is 1. The van der Waals surface area contributed by atoms with Crippen LogP contribution >= 0.6 is 0 Å². The van der Waals surface area contributed by atoms with Crippen LogP contribution in [0.25, 0.3) is 11.0 Å². The van der Waals surface area contributed by atoms with E-state index in [0.29, 0.717) is 17.0 Å². The molecule has 0 spiro atoms. The lowest BCUT2D eigenvalue weighted by Gasteiger charge is -2.10. The Labute approximate surface area is 138 Å². The standard InChI is InChI=1S/C19H17NO4/c1-12-6-7-18-17(8-12)14(9-19(22)24-18)11-23-16-5-3-4-15(10-16)20-13(2)21/h3-10H,11H2,1-2H3,(H,20,21). The van der Waals surface area contributed by atoms with Gasteiger partial charge in [0.15, 0.2) is 0 Å². The van der Waals surface area contributed by atoms with Crippen LogP contribution in [0.1, 0.15) is 18.1 Å². The van der Waals surface area contributed by atoms with Gasteiger partial charge in [0.2, 0.25) is 5.91 Å². The van der Waals surface area contributed by atoms with Crippen molar-refractivity contribution in [2.24, 2.45) is 0 Å². The lowest BCUT2D eigenvalue weighted by Crippen LogP contribution is -2.06. The van der Waals surface area contributed by atoms with Crippen molar-refractivity contribution in [2.45, 2.75) is 20.5 Å². The highest BCUT2D eigenvalue weighted by molar-refractivity contribution is 5.88. The van der Waals surface area contributed by atoms with Crippen molar-refractivity contribution in [2.75, 3.05) is 5.32 Å². The van der Waals surface area contributed by atoms with Gasteiger partial charge in [0.05, 0.1) is 0 Å². The monoisotopic (exact) mass is 323 g/mol. The molecule has 3 rings (SSSR count). The molecule has 0 saturated carbocycles. The second kappa shape index (κ2) is 6.58. The highest BCUT2D eigenvalue weighted by atomic mass is 16.5. The zero-order chi connectivity index (χ0) is 17.1. The first-order valence-electron chi connectivity index (χ1n) is 7.55. The molecule has 122 valence electrons. The first kappa shape index (κ1) is 15.8. The minimum absolute atomic E-state index is 0.144. The Kier molecular flexibility index (Phi) is 4.33. The molecule has 0 aliphatic heterocycles. The van der Waals surface area contributed by atoms with Crippen molar-refractivity contribution in [3.05, 3.63) is 70.1 Å². The van der Waals surface area contributed by atoms with E-state index < -0.39 is 5.63 Å². The summed E-state index contributed by atoms with van der Waals surface area (Å²) in [5.41, 5.74) is 2.63. The summed E-state index contributed by atoms with van der Waals surface area (Å²) in [7, 11) is 0. The molecule has 0 fully saturated rings. The largest absolute Gasteiger partial charge is 0.489 e. The molecule has 1 amide bonds. The van der Waals surface area contributed by atoms with Crippen molar-refractivity contribution in [3.63, 3.8) is 0 Å². The SMILES string of the molecule is CC(=O)Nc1cccc(OCc2cc(=O)oc3ccc(C)cc23)c1. The number of amides is 1. The van der Waals surface area contributed by atoms with Crippen LogP contribution in [0.15, 0.2) is 57.7 Å². The maximum atomic E-state index is 11.7. The minimum Gasteiger partial charge on any atom is -0.489 e. The van der Waals surface area contributed by atoms with Gasteiger partial charge < -0.3 is 14.5 Å². The molecule has 0 bridgehead atoms. The molecule has 0 aliphatic rings. The van der Waals surface area contributed by atoms with Gasteiger partial charge in [0, 0.05) is 35.7 Å². The Morgan fingerprint density at radius 2 is 2.00 bits per heavy atom. The Hall–Kier alpha value is -3.08. The molecule has 2 aromatic carbocycles. The number of fused-ring (bicyclic) bond motifs is 1. The summed E-state index contributed by atoms with van der Waals surface area (Å²) in [6, 6.07) is 14.2. The zero-order valence-electron chi connectivity index (χ0n) is 13.5. The van der Waals surface area contributed by atoms with E-state index >= 15 is 0 Å². The van der Waals surface area contributed by atoms with Gasteiger partial charge in [-0.05, 0) is 31.2 Å². The summed E-state index contributed by atoms with van der Waals surface area (Å²) >= 11 is 0. The lowest BCUT2D eigenvalue weighted by molar-refractivity contribution is -0.114. The molecular formula is C19H17NO4. The first-order valence-corrected chi connectivity index (χ1v) is 7.55. The molecule has 0 radical (unpaired) electrons. The highest BCUT2D eigenvalue weighted by Crippen LogP contribution is 2.22. The van der Waals surface area contributed by atoms with Crippen LogP contribution in [0.3, 0.4) is 0 Å². The molecule has 24 heavy (non-hydrogen) atoms. The van der Waals surface area contributed by atoms with Gasteiger partial charge in [0.25, 0.3) is 0 Å². The van der Waals surface area contributed by atoms with Crippen LogP contribution in [-0.2, 0) is 11.4 Å². The topological polar surface area (TPSA) is 68.5 Å². The Morgan fingerprint density at radius 3 is 2.79 bits per heavy atom. The molecule has 5 heteroatoms. The molecule has 0 unspecified atom stereocenters. The van der Waals surface area contributed by atoms with E-state index in [2.05, 4.69) is 5.32 Å². The fourth-order valence-corrected chi connectivity index (χ4v) is 2.49. The van der Waals surface area contributed by atoms with E-state index in [0.717, 1.165) is 16.5 Å². The number of hydrogen-bond acceptors (Lipinski definition) is 4. The van der Waals surface area contributed by atoms with Gasteiger partial charge in [-0.2, -0.15) is 0 Å². The molecule has 0 aliphatic carbocycles. The van der Waals surface area contributed by atoms with Crippen LogP contribution in [-0.4, -0.2) is 5.91 Å². The van der Waals surface area contributed by atoms with Crippen LogP contribution in [0, 0.1) is 6.92 Å². The Balaban J connectivity index is 1.87. The van der Waals surface area contributed by atoms with Crippen molar-refractivity contribution in [3.8, 4) is 5.75 Å². The third-order valence-electron chi connectivity index (χ3n) is 3.53. The summed E-state index contributed by atoms with van der Waals surface area (Å²) in [6.07, 6.45) is 0. The number of nitrogens with one attached hydrogen (secondary N) is 1. The summed E-state index contributed by atoms with van der Waals surface area (Å²) in [6.45, 7) is 3.66. The number of carbonyl (C=O) groups is 1. The minimum atomic E-state index is -0.406. The van der Waals surface area contributed by atoms with Crippen LogP contribution in [0.5, 0.6) is 5.75 Å². The Bertz CT molecular complexity index is 959. The van der Waals surface area contributed by atoms with Gasteiger partial charge in [0.1, 0.15) is 17.9 Å². The van der Waals surface area contributed by atoms with Crippen molar-refractivity contribution < 1.29 is 13.9 Å². The summed E-state index contributed by atoms with van der Waals surface area (Å²) in [5, 5.41) is 3.56. The molecule has 5 nitrogen and oxygen atoms in total. The average Bonchev–Trinajstić information content (AvgIpc) is 2.53. The number of hydrogen-bond donors (Lipinski definition) is 1. The van der Waals surface area contributed by atoms with E-state index in [1.807, 2.05) is 19.1 Å². The maximum Gasteiger partial charge on any atom is 0.336 e. The van der Waals surface area contributed by atoms with Gasteiger partial charge >= 0.3 is 5.63 Å². The summed E-state index contributed by atoms with van der Waals surface area (Å²) in [5.74, 6) is 0.463. The number of rotatable bonds is 4. The fraction of sp³-hybridized carbons (Fsp3) is 0.158. The summed E-state index contributed by atoms with van der Waals surface area (Å²) < 4.78 is 11.0. The predicted molar refractivity (Wildman–Crippen MR) is 92.3 cm³/mol. The van der Waals surface area contributed by atoms with Crippen LogP contribution in [0.4, 0.5) is 5.69 Å². The highest BCUT2D eigenvalue weighted by Gasteiger charge is 2.07. The van der Waals surface area contributed by atoms with Crippen molar-refractivity contribution >= 4 is 22.6 Å². The zero-order valence-corrected chi connectivity index (χ0v) is 13.5. The van der Waals surface area contributed by atoms with Crippen LogP contribution < -0.4 is 15.7 Å². The normalized spacial score (nSPS) is 10.6. The number of ether oxygens (including phenoxy) is 1. The second-order valence-electron chi connectivity index (χ2n) is 5.59. The molecular weight excluding hydrogens is 306 g/mol. The third-order valence-corrected chi connectivity index (χ3v) is 3.53. The Morgan fingerprint density at radius 1 is 1.17 bits per heavy atom. The molecule has 1 heterocycles. The van der Waals surface area contributed by atoms with Gasteiger partial charge in [-0.25, -0.2) is 4.79 Å². The lowest BCUT2D eigenvalue weighted by atomic mass is 10.1. The smallest absolute Gasteiger partial charge is 0.336 e. The van der Waals surface area contributed by atoms with E-state index in [1.54, 1.807) is 30.3 Å². The van der Waals surface area contributed by atoms with Crippen molar-refractivity contribution in [1.29, 1.82) is 0 Å². The second-order valence-corrected chi connectivity index (χ2v) is 5.59. The number of aryl methyl sites for hydroxylation is 1. The molecule has 1 N–H and O–H groups in total. The maximum absolute atomic E-state index is 11.7. The van der Waals surface area contributed by atoms with E-state index in [9.17, 15) is 9.59 Å². The van der Waals surface area contributed by atoms with E-state index in [1.165, 1.54) is 13.0 Å². The van der Waals surface area contributed by atoms with E-state index in [-0.39, 0.29) is 12.5 Å². The van der Waals surface area contributed by atoms with Gasteiger partial charge in [-0.15, -0.1) is 0 Å². The first-order chi connectivity index (χ1) is 11.5. The molecule has 0 saturated heterocycles. The van der Waals surface area contributed by atoms with Crippen LogP contribution in [0.2, 0.25) is 0 Å². The quantitative estimate of drug-likeness (QED) is 0.744. The average molecular weight is 323 g/mol. The molecule has 3 aromatic rings. The van der Waals surface area contributed by atoms with Gasteiger partial charge in [-0.1, -0.05) is 17.7 Å². The number of anilines is 1. The molecule has 0 atom stereocenters. The summed E-state index contributed by atoms with van der Waals surface area (Å²) in [4.78, 5) is 22.8. The predicted octanol–water partition coefficient (Wildman–Crippen LogP) is 3.64. The molecule has 1 aromatic heterocycles. The third kappa shape index (κ3) is 3.63. The van der Waals surface area contributed by atoms with E-state index in [4.69, 9.17) is 9.15 Å². The van der Waals surface area contributed by atoms with Gasteiger partial charge in [-0.3, -0.25) is 4.79 Å². The van der Waals surface area contributed by atoms with Crippen molar-refractivity contribution in [1.82, 2.24) is 0 Å². The fourth-order valence-electron chi connectivity index (χ4n) is 2.49. The number of benzene rings is 2.